The molecule has 0 bridgehead atoms. The van der Waals surface area contributed by atoms with Gasteiger partial charge < -0.3 is 9.84 Å². The molecule has 2 aromatic carbocycles. The lowest BCUT2D eigenvalue weighted by Gasteiger charge is -2.29. The maximum atomic E-state index is 11.6. The van der Waals surface area contributed by atoms with Crippen molar-refractivity contribution in [1.82, 2.24) is 4.90 Å². The molecule has 0 unspecified atom stereocenters. The Labute approximate surface area is 124 Å². The van der Waals surface area contributed by atoms with Crippen LogP contribution in [0.5, 0.6) is 0 Å². The molecule has 0 atom stereocenters. The van der Waals surface area contributed by atoms with Gasteiger partial charge in [0.05, 0.1) is 26.4 Å². The summed E-state index contributed by atoms with van der Waals surface area (Å²) < 4.78 is 4.71. The van der Waals surface area contributed by atoms with E-state index in [2.05, 4.69) is 0 Å². The molecule has 0 aliphatic carbocycles. The Kier molecular flexibility index (Phi) is 5.49. The highest BCUT2D eigenvalue weighted by molar-refractivity contribution is 5.71. The first-order valence-electron chi connectivity index (χ1n) is 6.78. The van der Waals surface area contributed by atoms with Gasteiger partial charge in [-0.15, -0.1) is 0 Å². The quantitative estimate of drug-likeness (QED) is 0.653. The predicted octanol–water partition coefficient (Wildman–Crippen LogP) is 2.20. The first kappa shape index (κ1) is 15.2. The molecule has 0 aliphatic rings. The standard InChI is InChI=1S/C17H19NO3/c1-21-16(20)12-18(13-19)17(14-8-4-2-5-9-14)15-10-6-3-7-11-15/h2-11,17,19H,12-13H2,1H3. The fourth-order valence-corrected chi connectivity index (χ4v) is 2.34. The molecule has 0 radical (unpaired) electrons. The highest BCUT2D eigenvalue weighted by Crippen LogP contribution is 2.27. The summed E-state index contributed by atoms with van der Waals surface area (Å²) in [5.74, 6) is -0.374. The largest absolute Gasteiger partial charge is 0.468 e. The lowest BCUT2D eigenvalue weighted by molar-refractivity contribution is -0.143. The maximum Gasteiger partial charge on any atom is 0.319 e. The molecular formula is C17H19NO3. The fraction of sp³-hybridized carbons (Fsp3) is 0.235. The van der Waals surface area contributed by atoms with Crippen molar-refractivity contribution < 1.29 is 14.6 Å². The molecule has 21 heavy (non-hydrogen) atoms. The Bertz CT molecular complexity index is 517. The van der Waals surface area contributed by atoms with Crippen LogP contribution in [0.1, 0.15) is 17.2 Å². The van der Waals surface area contributed by atoms with Gasteiger partial charge in [-0.1, -0.05) is 60.7 Å². The van der Waals surface area contributed by atoms with Gasteiger partial charge in [-0.25, -0.2) is 0 Å². The van der Waals surface area contributed by atoms with Crippen LogP contribution in [0.4, 0.5) is 0 Å². The lowest BCUT2D eigenvalue weighted by atomic mass is 9.97. The number of aliphatic hydroxyl groups is 1. The van der Waals surface area contributed by atoms with E-state index < -0.39 is 0 Å². The average Bonchev–Trinajstić information content (AvgIpc) is 2.56. The van der Waals surface area contributed by atoms with Crippen LogP contribution in [0.25, 0.3) is 0 Å². The number of esters is 1. The zero-order valence-electron chi connectivity index (χ0n) is 12.0. The predicted molar refractivity (Wildman–Crippen MR) is 80.5 cm³/mol. The number of benzene rings is 2. The van der Waals surface area contributed by atoms with E-state index in [1.807, 2.05) is 60.7 Å². The van der Waals surface area contributed by atoms with Crippen LogP contribution in [0.2, 0.25) is 0 Å². The second-order valence-electron chi connectivity index (χ2n) is 4.69. The van der Waals surface area contributed by atoms with Gasteiger partial charge in [-0.2, -0.15) is 0 Å². The van der Waals surface area contributed by atoms with Crippen LogP contribution in [0, 0.1) is 0 Å². The molecule has 2 aromatic rings. The summed E-state index contributed by atoms with van der Waals surface area (Å²) in [6.45, 7) is -0.203. The Hall–Kier alpha value is -2.17. The van der Waals surface area contributed by atoms with Crippen molar-refractivity contribution in [1.29, 1.82) is 0 Å². The number of hydrogen-bond acceptors (Lipinski definition) is 4. The number of aliphatic hydroxyl groups excluding tert-OH is 1. The smallest absolute Gasteiger partial charge is 0.319 e. The van der Waals surface area contributed by atoms with E-state index in [1.165, 1.54) is 7.11 Å². The molecule has 0 fully saturated rings. The van der Waals surface area contributed by atoms with Crippen molar-refractivity contribution >= 4 is 5.97 Å². The number of carbonyl (C=O) groups is 1. The van der Waals surface area contributed by atoms with Gasteiger partial charge in [0.15, 0.2) is 0 Å². The first-order chi connectivity index (χ1) is 10.3. The van der Waals surface area contributed by atoms with Crippen molar-refractivity contribution in [2.75, 3.05) is 20.4 Å². The van der Waals surface area contributed by atoms with E-state index >= 15 is 0 Å². The highest BCUT2D eigenvalue weighted by Gasteiger charge is 2.23. The van der Waals surface area contributed by atoms with E-state index in [9.17, 15) is 9.90 Å². The van der Waals surface area contributed by atoms with Gasteiger partial charge >= 0.3 is 5.97 Å². The topological polar surface area (TPSA) is 49.8 Å². The molecule has 0 saturated carbocycles. The van der Waals surface area contributed by atoms with E-state index in [4.69, 9.17) is 4.74 Å². The molecule has 1 N–H and O–H groups in total. The summed E-state index contributed by atoms with van der Waals surface area (Å²) in [7, 11) is 1.35. The zero-order chi connectivity index (χ0) is 15.1. The molecule has 0 saturated heterocycles. The van der Waals surface area contributed by atoms with E-state index in [0.717, 1.165) is 11.1 Å². The third-order valence-electron chi connectivity index (χ3n) is 3.34. The van der Waals surface area contributed by atoms with Crippen LogP contribution in [0.15, 0.2) is 60.7 Å². The second-order valence-corrected chi connectivity index (χ2v) is 4.69. The number of hydrogen-bond donors (Lipinski definition) is 1. The van der Waals surface area contributed by atoms with Gasteiger partial charge in [0.1, 0.15) is 0 Å². The van der Waals surface area contributed by atoms with Crippen molar-refractivity contribution in [3.63, 3.8) is 0 Å². The molecule has 0 spiro atoms. The summed E-state index contributed by atoms with van der Waals surface area (Å²) in [6.07, 6.45) is 0. The number of methoxy groups -OCH3 is 1. The van der Waals surface area contributed by atoms with Crippen LogP contribution < -0.4 is 0 Å². The Balaban J connectivity index is 2.38. The van der Waals surface area contributed by atoms with Crippen LogP contribution >= 0.6 is 0 Å². The normalized spacial score (nSPS) is 10.9. The van der Waals surface area contributed by atoms with Gasteiger partial charge in [-0.3, -0.25) is 9.69 Å². The summed E-state index contributed by atoms with van der Waals surface area (Å²) in [6, 6.07) is 19.4. The van der Waals surface area contributed by atoms with E-state index in [1.54, 1.807) is 4.90 Å². The molecule has 0 heterocycles. The molecule has 2 rings (SSSR count). The SMILES string of the molecule is COC(=O)CN(CO)C(c1ccccc1)c1ccccc1. The van der Waals surface area contributed by atoms with Gasteiger partial charge in [0, 0.05) is 0 Å². The first-order valence-corrected chi connectivity index (χ1v) is 6.78. The Morgan fingerprint density at radius 1 is 1.05 bits per heavy atom. The minimum Gasteiger partial charge on any atom is -0.468 e. The monoisotopic (exact) mass is 285 g/mol. The third kappa shape index (κ3) is 3.90. The highest BCUT2D eigenvalue weighted by atomic mass is 16.5. The van der Waals surface area contributed by atoms with Crippen LogP contribution in [-0.4, -0.2) is 36.4 Å². The van der Waals surface area contributed by atoms with Gasteiger partial charge in [0.25, 0.3) is 0 Å². The van der Waals surface area contributed by atoms with Crippen LogP contribution in [-0.2, 0) is 9.53 Å². The molecule has 4 heteroatoms. The molecular weight excluding hydrogens is 266 g/mol. The number of rotatable bonds is 6. The molecule has 0 amide bonds. The second kappa shape index (κ2) is 7.57. The third-order valence-corrected chi connectivity index (χ3v) is 3.34. The van der Waals surface area contributed by atoms with Crippen molar-refractivity contribution in [2.24, 2.45) is 0 Å². The van der Waals surface area contributed by atoms with Crippen LogP contribution in [0.3, 0.4) is 0 Å². The number of carbonyl (C=O) groups excluding carboxylic acids is 1. The minimum atomic E-state index is -0.374. The minimum absolute atomic E-state index is 0.0292. The summed E-state index contributed by atoms with van der Waals surface area (Å²) in [5.41, 5.74) is 2.03. The maximum absolute atomic E-state index is 11.6. The number of ether oxygens (including phenoxy) is 1. The molecule has 0 aliphatic heterocycles. The molecule has 110 valence electrons. The summed E-state index contributed by atoms with van der Waals surface area (Å²) >= 11 is 0. The van der Waals surface area contributed by atoms with E-state index in [0.29, 0.717) is 0 Å². The number of nitrogens with zero attached hydrogens (tertiary/aromatic N) is 1. The Morgan fingerprint density at radius 3 is 1.90 bits per heavy atom. The van der Waals surface area contributed by atoms with Crippen molar-refractivity contribution in [3.05, 3.63) is 71.8 Å². The molecule has 0 aromatic heterocycles. The summed E-state index contributed by atoms with van der Waals surface area (Å²) in [5, 5.41) is 9.68. The zero-order valence-corrected chi connectivity index (χ0v) is 12.0. The molecule has 4 nitrogen and oxygen atoms in total. The van der Waals surface area contributed by atoms with Crippen molar-refractivity contribution in [2.45, 2.75) is 6.04 Å². The van der Waals surface area contributed by atoms with Crippen molar-refractivity contribution in [3.8, 4) is 0 Å². The van der Waals surface area contributed by atoms with Gasteiger partial charge in [0.2, 0.25) is 0 Å². The Morgan fingerprint density at radius 2 is 1.52 bits per heavy atom. The lowest BCUT2D eigenvalue weighted by Crippen LogP contribution is -2.35. The average molecular weight is 285 g/mol. The fourth-order valence-electron chi connectivity index (χ4n) is 2.34. The van der Waals surface area contributed by atoms with Gasteiger partial charge in [-0.05, 0) is 11.1 Å². The van der Waals surface area contributed by atoms with E-state index in [-0.39, 0.29) is 25.3 Å². The summed E-state index contributed by atoms with van der Waals surface area (Å²) in [4.78, 5) is 13.3.